The topological polar surface area (TPSA) is 58.1 Å². The number of aryl methyl sites for hydroxylation is 1. The Kier molecular flexibility index (Phi) is 12.6. The highest BCUT2D eigenvalue weighted by atomic mass is 127. The van der Waals surface area contributed by atoms with Crippen LogP contribution in [0, 0.1) is 6.92 Å². The zero-order valence-corrected chi connectivity index (χ0v) is 22.5. The van der Waals surface area contributed by atoms with Crippen LogP contribution in [0.4, 0.5) is 5.69 Å². The predicted octanol–water partition coefficient (Wildman–Crippen LogP) is 4.50. The Morgan fingerprint density at radius 1 is 1.09 bits per heavy atom. The summed E-state index contributed by atoms with van der Waals surface area (Å²) in [5.74, 6) is 0.817. The fourth-order valence-electron chi connectivity index (χ4n) is 3.82. The summed E-state index contributed by atoms with van der Waals surface area (Å²) in [6, 6.07) is 17.2. The van der Waals surface area contributed by atoms with Crippen LogP contribution >= 0.6 is 24.0 Å². The number of hydrogen-bond donors (Lipinski definition) is 2. The molecule has 1 aliphatic rings. The van der Waals surface area contributed by atoms with E-state index in [1.165, 1.54) is 22.4 Å². The molecule has 1 aliphatic heterocycles. The number of halogens is 1. The first kappa shape index (κ1) is 27.4. The molecule has 0 saturated carbocycles. The first-order chi connectivity index (χ1) is 15.7. The van der Waals surface area contributed by atoms with Gasteiger partial charge in [0.2, 0.25) is 0 Å². The maximum atomic E-state index is 6.01. The quantitative estimate of drug-likeness (QED) is 0.252. The van der Waals surface area contributed by atoms with Gasteiger partial charge in [0, 0.05) is 52.1 Å². The van der Waals surface area contributed by atoms with E-state index >= 15 is 0 Å². The molecular weight excluding hydrogens is 527 g/mol. The maximum absolute atomic E-state index is 6.01. The van der Waals surface area contributed by atoms with E-state index in [0.29, 0.717) is 12.7 Å². The third-order valence-corrected chi connectivity index (χ3v) is 5.78. The number of hydrogen-bond acceptors (Lipinski definition) is 4. The van der Waals surface area contributed by atoms with Gasteiger partial charge in [-0.05, 0) is 55.5 Å². The molecule has 0 amide bonds. The van der Waals surface area contributed by atoms with Crippen molar-refractivity contribution in [3.05, 3.63) is 65.2 Å². The molecule has 0 radical (unpaired) electrons. The summed E-state index contributed by atoms with van der Waals surface area (Å²) >= 11 is 0. The van der Waals surface area contributed by atoms with Crippen molar-refractivity contribution in [2.24, 2.45) is 4.99 Å². The van der Waals surface area contributed by atoms with Crippen molar-refractivity contribution in [2.75, 3.05) is 44.8 Å². The van der Waals surface area contributed by atoms with Gasteiger partial charge in [-0.2, -0.15) is 0 Å². The van der Waals surface area contributed by atoms with Crippen molar-refractivity contribution >= 4 is 35.6 Å². The second-order valence-corrected chi connectivity index (χ2v) is 8.21. The van der Waals surface area contributed by atoms with Crippen molar-refractivity contribution in [1.82, 2.24) is 10.6 Å². The highest BCUT2D eigenvalue weighted by Crippen LogP contribution is 2.15. The molecule has 6 nitrogen and oxygen atoms in total. The monoisotopic (exact) mass is 566 g/mol. The molecule has 0 atom stereocenters. The predicted molar refractivity (Wildman–Crippen MR) is 148 cm³/mol. The minimum absolute atomic E-state index is 0. The minimum Gasteiger partial charge on any atom is -0.381 e. The second kappa shape index (κ2) is 15.1. The Labute approximate surface area is 216 Å². The van der Waals surface area contributed by atoms with E-state index < -0.39 is 0 Å². The van der Waals surface area contributed by atoms with Crippen LogP contribution in [0.15, 0.2) is 53.5 Å². The third-order valence-electron chi connectivity index (χ3n) is 5.78. The number of aliphatic imine (C=N–C) groups is 1. The van der Waals surface area contributed by atoms with Crippen molar-refractivity contribution < 1.29 is 9.47 Å². The number of nitrogens with zero attached hydrogens (tertiary/aromatic N) is 2. The average Bonchev–Trinajstić information content (AvgIpc) is 2.84. The molecule has 182 valence electrons. The first-order valence-electron chi connectivity index (χ1n) is 11.7. The van der Waals surface area contributed by atoms with Crippen LogP contribution < -0.4 is 15.5 Å². The summed E-state index contributed by atoms with van der Waals surface area (Å²) in [6.07, 6.45) is 2.32. The molecule has 0 bridgehead atoms. The van der Waals surface area contributed by atoms with E-state index in [-0.39, 0.29) is 24.0 Å². The molecule has 7 heteroatoms. The molecule has 0 unspecified atom stereocenters. The van der Waals surface area contributed by atoms with E-state index in [1.807, 2.05) is 7.05 Å². The third kappa shape index (κ3) is 9.51. The standard InChI is InChI=1S/C26H38N4O2.HI/c1-4-30(24-7-5-6-21(2)18-24)15-14-28-26(27-3)29-19-22-8-10-23(11-9-22)20-32-25-12-16-31-17-13-25;/h5-11,18,25H,4,12-17,19-20H2,1-3H3,(H2,27,28,29);1H. The summed E-state index contributed by atoms with van der Waals surface area (Å²) in [4.78, 5) is 6.73. The minimum atomic E-state index is 0. The zero-order chi connectivity index (χ0) is 22.6. The molecule has 0 spiro atoms. The van der Waals surface area contributed by atoms with Crippen LogP contribution in [-0.2, 0) is 22.6 Å². The van der Waals surface area contributed by atoms with E-state index in [2.05, 4.69) is 82.9 Å². The Balaban J connectivity index is 0.00000385. The molecule has 33 heavy (non-hydrogen) atoms. The normalized spacial score (nSPS) is 14.5. The lowest BCUT2D eigenvalue weighted by molar-refractivity contribution is -0.0390. The van der Waals surface area contributed by atoms with Gasteiger partial charge in [0.1, 0.15) is 0 Å². The molecule has 1 heterocycles. The van der Waals surface area contributed by atoms with Crippen LogP contribution in [0.1, 0.15) is 36.5 Å². The van der Waals surface area contributed by atoms with Gasteiger partial charge in [-0.3, -0.25) is 4.99 Å². The fraction of sp³-hybridized carbons (Fsp3) is 0.500. The van der Waals surface area contributed by atoms with Crippen LogP contribution in [0.25, 0.3) is 0 Å². The second-order valence-electron chi connectivity index (χ2n) is 8.21. The zero-order valence-electron chi connectivity index (χ0n) is 20.2. The molecular formula is C26H39IN4O2. The molecule has 2 aromatic rings. The summed E-state index contributed by atoms with van der Waals surface area (Å²) in [5, 5.41) is 6.83. The highest BCUT2D eigenvalue weighted by molar-refractivity contribution is 14.0. The number of rotatable bonds is 10. The lowest BCUT2D eigenvalue weighted by atomic mass is 10.1. The van der Waals surface area contributed by atoms with Crippen molar-refractivity contribution in [2.45, 2.75) is 45.9 Å². The van der Waals surface area contributed by atoms with Gasteiger partial charge in [-0.1, -0.05) is 36.4 Å². The van der Waals surface area contributed by atoms with Gasteiger partial charge in [0.15, 0.2) is 5.96 Å². The van der Waals surface area contributed by atoms with Crippen molar-refractivity contribution in [3.8, 4) is 0 Å². The molecule has 0 aromatic heterocycles. The molecule has 1 fully saturated rings. The number of likely N-dealkylation sites (N-methyl/N-ethyl adjacent to an activating group) is 1. The van der Waals surface area contributed by atoms with Crippen LogP contribution in [-0.4, -0.2) is 52.0 Å². The van der Waals surface area contributed by atoms with Gasteiger partial charge in [0.25, 0.3) is 0 Å². The van der Waals surface area contributed by atoms with Crippen LogP contribution in [0.2, 0.25) is 0 Å². The number of guanidine groups is 1. The molecule has 3 rings (SSSR count). The Hall–Kier alpha value is -1.84. The largest absolute Gasteiger partial charge is 0.381 e. The lowest BCUT2D eigenvalue weighted by Crippen LogP contribution is -2.41. The smallest absolute Gasteiger partial charge is 0.191 e. The average molecular weight is 567 g/mol. The molecule has 1 saturated heterocycles. The summed E-state index contributed by atoms with van der Waals surface area (Å²) in [6.45, 7) is 10.1. The van der Waals surface area contributed by atoms with Gasteiger partial charge in [-0.25, -0.2) is 0 Å². The number of benzene rings is 2. The number of nitrogens with one attached hydrogen (secondary N) is 2. The van der Waals surface area contributed by atoms with Gasteiger partial charge in [0.05, 0.1) is 12.7 Å². The first-order valence-corrected chi connectivity index (χ1v) is 11.7. The SMILES string of the molecule is CCN(CCNC(=NC)NCc1ccc(COC2CCOCC2)cc1)c1cccc(C)c1.I. The van der Waals surface area contributed by atoms with Crippen LogP contribution in [0.5, 0.6) is 0 Å². The van der Waals surface area contributed by atoms with Crippen LogP contribution in [0.3, 0.4) is 0 Å². The number of anilines is 1. The lowest BCUT2D eigenvalue weighted by Gasteiger charge is -2.24. The molecule has 0 aliphatic carbocycles. The van der Waals surface area contributed by atoms with Crippen molar-refractivity contribution in [3.63, 3.8) is 0 Å². The van der Waals surface area contributed by atoms with Gasteiger partial charge < -0.3 is 25.0 Å². The van der Waals surface area contributed by atoms with E-state index in [4.69, 9.17) is 9.47 Å². The van der Waals surface area contributed by atoms with Gasteiger partial charge in [-0.15, -0.1) is 24.0 Å². The molecule has 2 N–H and O–H groups in total. The van der Waals surface area contributed by atoms with Gasteiger partial charge >= 0.3 is 0 Å². The van der Waals surface area contributed by atoms with E-state index in [9.17, 15) is 0 Å². The summed E-state index contributed by atoms with van der Waals surface area (Å²) < 4.78 is 11.4. The Bertz CT molecular complexity index is 838. The summed E-state index contributed by atoms with van der Waals surface area (Å²) in [5.41, 5.74) is 4.97. The van der Waals surface area contributed by atoms with E-state index in [0.717, 1.165) is 58.2 Å². The van der Waals surface area contributed by atoms with E-state index in [1.54, 1.807) is 0 Å². The van der Waals surface area contributed by atoms with Crippen molar-refractivity contribution in [1.29, 1.82) is 0 Å². The Morgan fingerprint density at radius 3 is 2.48 bits per heavy atom. The molecule has 2 aromatic carbocycles. The highest BCUT2D eigenvalue weighted by Gasteiger charge is 2.14. The fourth-order valence-corrected chi connectivity index (χ4v) is 3.82. The number of ether oxygens (including phenoxy) is 2. The Morgan fingerprint density at radius 2 is 1.82 bits per heavy atom. The maximum Gasteiger partial charge on any atom is 0.191 e. The summed E-state index contributed by atoms with van der Waals surface area (Å²) in [7, 11) is 1.81.